The van der Waals surface area contributed by atoms with Gasteiger partial charge in [0.15, 0.2) is 5.82 Å². The van der Waals surface area contributed by atoms with Gasteiger partial charge in [-0.2, -0.15) is 13.4 Å². The van der Waals surface area contributed by atoms with Crippen molar-refractivity contribution in [3.63, 3.8) is 0 Å². The fourth-order valence-electron chi connectivity index (χ4n) is 3.03. The van der Waals surface area contributed by atoms with Crippen molar-refractivity contribution in [3.05, 3.63) is 72.3 Å². The third-order valence-electron chi connectivity index (χ3n) is 4.40. The molecule has 6 nitrogen and oxygen atoms in total. The summed E-state index contributed by atoms with van der Waals surface area (Å²) in [6.45, 7) is 4.10. The van der Waals surface area contributed by atoms with Crippen molar-refractivity contribution in [2.75, 3.05) is 6.61 Å². The minimum absolute atomic E-state index is 0.0295. The Morgan fingerprint density at radius 3 is 2.43 bits per heavy atom. The van der Waals surface area contributed by atoms with Crippen molar-refractivity contribution in [2.45, 2.75) is 18.7 Å². The highest BCUT2D eigenvalue weighted by atomic mass is 32.2. The molecule has 4 aromatic rings. The highest BCUT2D eigenvalue weighted by Gasteiger charge is 2.27. The Balaban J connectivity index is 1.95. The van der Waals surface area contributed by atoms with Gasteiger partial charge in [-0.1, -0.05) is 71.3 Å². The van der Waals surface area contributed by atoms with E-state index in [9.17, 15) is 8.42 Å². The maximum absolute atomic E-state index is 13.5. The predicted octanol–water partition coefficient (Wildman–Crippen LogP) is 4.04. The van der Waals surface area contributed by atoms with E-state index in [0.29, 0.717) is 17.6 Å². The third kappa shape index (κ3) is 3.14. The topological polar surface area (TPSA) is 74.1 Å². The second kappa shape index (κ2) is 7.09. The molecule has 0 amide bonds. The fraction of sp³-hybridized carbons (Fsp3) is 0.143. The third-order valence-corrected chi connectivity index (χ3v) is 6.02. The Hall–Kier alpha value is -3.19. The number of hydrogen-bond acceptors (Lipinski definition) is 5. The quantitative estimate of drug-likeness (QED) is 0.511. The largest absolute Gasteiger partial charge is 0.463 e. The molecule has 0 fully saturated rings. The van der Waals surface area contributed by atoms with E-state index in [1.54, 1.807) is 25.1 Å². The summed E-state index contributed by atoms with van der Waals surface area (Å²) < 4.78 is 33.4. The molecule has 0 aliphatic rings. The average Bonchev–Trinajstić information content (AvgIpc) is 3.13. The van der Waals surface area contributed by atoms with Crippen LogP contribution in [-0.2, 0) is 10.0 Å². The summed E-state index contributed by atoms with van der Waals surface area (Å²) in [6.07, 6.45) is 0. The van der Waals surface area contributed by atoms with E-state index < -0.39 is 10.0 Å². The molecule has 0 spiro atoms. The summed E-state index contributed by atoms with van der Waals surface area (Å²) in [5, 5.41) is 5.62. The minimum Gasteiger partial charge on any atom is -0.463 e. The Morgan fingerprint density at radius 1 is 0.964 bits per heavy atom. The van der Waals surface area contributed by atoms with Crippen LogP contribution in [0.3, 0.4) is 0 Å². The van der Waals surface area contributed by atoms with E-state index in [1.165, 1.54) is 0 Å². The van der Waals surface area contributed by atoms with E-state index in [2.05, 4.69) is 10.1 Å². The lowest BCUT2D eigenvalue weighted by Crippen LogP contribution is -2.16. The van der Waals surface area contributed by atoms with Crippen LogP contribution in [0.25, 0.3) is 22.2 Å². The predicted molar refractivity (Wildman–Crippen MR) is 108 cm³/mol. The summed E-state index contributed by atoms with van der Waals surface area (Å²) >= 11 is 0. The molecule has 0 saturated heterocycles. The molecule has 4 rings (SSSR count). The van der Waals surface area contributed by atoms with E-state index in [1.807, 2.05) is 55.5 Å². The smallest absolute Gasteiger partial charge is 0.337 e. The molecule has 1 heterocycles. The Morgan fingerprint density at radius 2 is 1.68 bits per heavy atom. The number of nitrogens with zero attached hydrogens (tertiary/aromatic N) is 3. The van der Waals surface area contributed by atoms with Crippen molar-refractivity contribution in [3.8, 4) is 17.4 Å². The average molecular weight is 393 g/mol. The molecule has 0 unspecified atom stereocenters. The summed E-state index contributed by atoms with van der Waals surface area (Å²) in [6, 6.07) is 20.0. The van der Waals surface area contributed by atoms with Gasteiger partial charge in [0.25, 0.3) is 10.0 Å². The molecule has 0 bridgehead atoms. The lowest BCUT2D eigenvalue weighted by molar-refractivity contribution is 0.313. The van der Waals surface area contributed by atoms with Crippen LogP contribution in [0.1, 0.15) is 12.5 Å². The Bertz CT molecular complexity index is 1240. The second-order valence-electron chi connectivity index (χ2n) is 6.34. The number of hydrogen-bond donors (Lipinski definition) is 0. The molecule has 0 aliphatic carbocycles. The number of rotatable bonds is 5. The van der Waals surface area contributed by atoms with Crippen molar-refractivity contribution >= 4 is 20.8 Å². The minimum atomic E-state index is -3.99. The van der Waals surface area contributed by atoms with Crippen LogP contribution >= 0.6 is 0 Å². The van der Waals surface area contributed by atoms with Crippen LogP contribution in [0.2, 0.25) is 0 Å². The molecule has 7 heteroatoms. The summed E-state index contributed by atoms with van der Waals surface area (Å²) in [5.41, 5.74) is 1.71. The van der Waals surface area contributed by atoms with Crippen LogP contribution in [0.5, 0.6) is 6.01 Å². The number of aromatic nitrogens is 3. The number of aryl methyl sites for hydroxylation is 1. The zero-order valence-corrected chi connectivity index (χ0v) is 16.3. The van der Waals surface area contributed by atoms with E-state index >= 15 is 0 Å². The lowest BCUT2D eigenvalue weighted by atomic mass is 10.1. The van der Waals surface area contributed by atoms with Crippen LogP contribution < -0.4 is 4.74 Å². The van der Waals surface area contributed by atoms with Crippen molar-refractivity contribution < 1.29 is 13.2 Å². The first kappa shape index (κ1) is 18.2. The molecule has 28 heavy (non-hydrogen) atoms. The molecule has 0 aliphatic heterocycles. The maximum Gasteiger partial charge on any atom is 0.337 e. The maximum atomic E-state index is 13.5. The molecule has 0 radical (unpaired) electrons. The van der Waals surface area contributed by atoms with Crippen LogP contribution in [0, 0.1) is 6.92 Å². The van der Waals surface area contributed by atoms with Gasteiger partial charge in [-0.3, -0.25) is 0 Å². The van der Waals surface area contributed by atoms with E-state index in [-0.39, 0.29) is 16.7 Å². The normalized spacial score (nSPS) is 11.6. The Labute approximate surface area is 163 Å². The number of ether oxygens (including phenoxy) is 1. The zero-order chi connectivity index (χ0) is 19.7. The molecule has 0 N–H and O–H groups in total. The zero-order valence-electron chi connectivity index (χ0n) is 15.5. The molecule has 3 aromatic carbocycles. The van der Waals surface area contributed by atoms with Crippen molar-refractivity contribution in [2.24, 2.45) is 0 Å². The monoisotopic (exact) mass is 393 g/mol. The fourth-order valence-corrected chi connectivity index (χ4v) is 4.48. The van der Waals surface area contributed by atoms with Gasteiger partial charge in [0.2, 0.25) is 0 Å². The SMILES string of the molecule is CCOc1nc(-c2ccc(C)cc2)n(S(=O)(=O)c2cccc3ccccc23)n1. The van der Waals surface area contributed by atoms with Gasteiger partial charge in [0.1, 0.15) is 0 Å². The molecular weight excluding hydrogens is 374 g/mol. The van der Waals surface area contributed by atoms with E-state index in [4.69, 9.17) is 4.74 Å². The first-order valence-electron chi connectivity index (χ1n) is 8.91. The summed E-state index contributed by atoms with van der Waals surface area (Å²) in [5.74, 6) is 0.219. The number of fused-ring (bicyclic) bond motifs is 1. The van der Waals surface area contributed by atoms with Crippen molar-refractivity contribution in [1.29, 1.82) is 0 Å². The molecule has 0 atom stereocenters. The van der Waals surface area contributed by atoms with Gasteiger partial charge in [-0.25, -0.2) is 0 Å². The van der Waals surface area contributed by atoms with Crippen LogP contribution in [0.15, 0.2) is 71.6 Å². The second-order valence-corrected chi connectivity index (χ2v) is 8.08. The highest BCUT2D eigenvalue weighted by Crippen LogP contribution is 2.29. The van der Waals surface area contributed by atoms with Gasteiger partial charge in [0, 0.05) is 10.9 Å². The first-order valence-corrected chi connectivity index (χ1v) is 10.3. The van der Waals surface area contributed by atoms with Crippen molar-refractivity contribution in [1.82, 2.24) is 14.2 Å². The molecular formula is C21H19N3O3S. The van der Waals surface area contributed by atoms with Gasteiger partial charge >= 0.3 is 6.01 Å². The van der Waals surface area contributed by atoms with Gasteiger partial charge in [0.05, 0.1) is 11.5 Å². The van der Waals surface area contributed by atoms with E-state index in [0.717, 1.165) is 15.0 Å². The molecule has 0 saturated carbocycles. The first-order chi connectivity index (χ1) is 13.5. The van der Waals surface area contributed by atoms with Crippen LogP contribution in [0.4, 0.5) is 0 Å². The van der Waals surface area contributed by atoms with Crippen LogP contribution in [-0.4, -0.2) is 29.2 Å². The lowest BCUT2D eigenvalue weighted by Gasteiger charge is -2.10. The standard InChI is InChI=1S/C21H19N3O3S/c1-3-27-21-22-20(17-13-11-15(2)12-14-17)24(23-21)28(25,26)19-10-6-8-16-7-4-5-9-18(16)19/h4-14H,3H2,1-2H3. The summed E-state index contributed by atoms with van der Waals surface area (Å²) in [7, 11) is -3.99. The number of benzene rings is 3. The Kier molecular flexibility index (Phi) is 4.60. The molecule has 142 valence electrons. The van der Waals surface area contributed by atoms with Gasteiger partial charge in [-0.15, -0.1) is 4.09 Å². The van der Waals surface area contributed by atoms with Gasteiger partial charge in [-0.05, 0) is 25.3 Å². The summed E-state index contributed by atoms with van der Waals surface area (Å²) in [4.78, 5) is 4.50. The highest BCUT2D eigenvalue weighted by molar-refractivity contribution is 7.90. The molecule has 1 aromatic heterocycles. The van der Waals surface area contributed by atoms with Gasteiger partial charge < -0.3 is 4.74 Å².